The Morgan fingerprint density at radius 2 is 2.55 bits per heavy atom. The average molecular weight is 175 g/mol. The fourth-order valence-electron chi connectivity index (χ4n) is 0.802. The summed E-state index contributed by atoms with van der Waals surface area (Å²) >= 11 is 5.74. The van der Waals surface area contributed by atoms with Crippen LogP contribution in [0, 0.1) is 0 Å². The van der Waals surface area contributed by atoms with E-state index in [0.29, 0.717) is 5.15 Å². The van der Waals surface area contributed by atoms with E-state index >= 15 is 0 Å². The van der Waals surface area contributed by atoms with Crippen LogP contribution >= 0.6 is 11.6 Å². The van der Waals surface area contributed by atoms with Crippen LogP contribution in [0.1, 0.15) is 6.42 Å². The molecule has 0 aliphatic rings. The van der Waals surface area contributed by atoms with Crippen LogP contribution in [0.2, 0.25) is 5.15 Å². The number of halogens is 1. The molecule has 0 saturated carbocycles. The average Bonchev–Trinajstić information content (AvgIpc) is 2.37. The summed E-state index contributed by atoms with van der Waals surface area (Å²) in [6.45, 7) is 1.79. The number of hydrogen-bond acceptors (Lipinski definition) is 3. The lowest BCUT2D eigenvalue weighted by atomic mass is 10.4. The van der Waals surface area contributed by atoms with E-state index in [0.717, 1.165) is 19.5 Å². The SMILES string of the molecule is CNCCCn1nncc1Cl. The van der Waals surface area contributed by atoms with Gasteiger partial charge < -0.3 is 5.32 Å². The van der Waals surface area contributed by atoms with Crippen molar-refractivity contribution in [2.45, 2.75) is 13.0 Å². The van der Waals surface area contributed by atoms with Crippen molar-refractivity contribution in [1.82, 2.24) is 20.3 Å². The quantitative estimate of drug-likeness (QED) is 0.678. The first-order valence-corrected chi connectivity index (χ1v) is 3.91. The molecule has 1 N–H and O–H groups in total. The second-order valence-corrected chi connectivity index (χ2v) is 2.62. The summed E-state index contributed by atoms with van der Waals surface area (Å²) in [5.74, 6) is 0. The van der Waals surface area contributed by atoms with Crippen molar-refractivity contribution < 1.29 is 0 Å². The van der Waals surface area contributed by atoms with E-state index in [1.54, 1.807) is 10.9 Å². The molecule has 0 saturated heterocycles. The zero-order chi connectivity index (χ0) is 8.10. The van der Waals surface area contributed by atoms with Crippen LogP contribution in [0.25, 0.3) is 0 Å². The number of rotatable bonds is 4. The molecule has 0 bridgehead atoms. The largest absolute Gasteiger partial charge is 0.320 e. The summed E-state index contributed by atoms with van der Waals surface area (Å²) in [5.41, 5.74) is 0. The van der Waals surface area contributed by atoms with Crippen LogP contribution in [0.5, 0.6) is 0 Å². The number of aromatic nitrogens is 3. The Bertz CT molecular complexity index is 210. The number of nitrogens with zero attached hydrogens (tertiary/aromatic N) is 3. The number of nitrogens with one attached hydrogen (secondary N) is 1. The molecule has 0 aromatic carbocycles. The standard InChI is InChI=1S/C6H11ClN4/c1-8-3-2-4-11-6(7)5-9-10-11/h5,8H,2-4H2,1H3. The van der Waals surface area contributed by atoms with E-state index in [9.17, 15) is 0 Å². The molecule has 0 spiro atoms. The first kappa shape index (κ1) is 8.49. The summed E-state index contributed by atoms with van der Waals surface area (Å²) in [5, 5.41) is 11.1. The highest BCUT2D eigenvalue weighted by molar-refractivity contribution is 6.29. The predicted molar refractivity (Wildman–Crippen MR) is 43.6 cm³/mol. The summed E-state index contributed by atoms with van der Waals surface area (Å²) in [4.78, 5) is 0. The van der Waals surface area contributed by atoms with E-state index in [1.807, 2.05) is 7.05 Å². The van der Waals surface area contributed by atoms with Gasteiger partial charge in [0.05, 0.1) is 6.20 Å². The summed E-state index contributed by atoms with van der Waals surface area (Å²) in [6.07, 6.45) is 2.56. The minimum absolute atomic E-state index is 0.598. The molecule has 0 radical (unpaired) electrons. The van der Waals surface area contributed by atoms with Crippen LogP contribution in [-0.4, -0.2) is 28.6 Å². The van der Waals surface area contributed by atoms with Crippen molar-refractivity contribution >= 4 is 11.6 Å². The fraction of sp³-hybridized carbons (Fsp3) is 0.667. The Kier molecular flexibility index (Phi) is 3.32. The van der Waals surface area contributed by atoms with Crippen molar-refractivity contribution in [2.24, 2.45) is 0 Å². The van der Waals surface area contributed by atoms with Crippen LogP contribution in [0.15, 0.2) is 6.20 Å². The van der Waals surface area contributed by atoms with Gasteiger partial charge in [-0.2, -0.15) is 0 Å². The normalized spacial score (nSPS) is 10.4. The van der Waals surface area contributed by atoms with Gasteiger partial charge in [0.2, 0.25) is 0 Å². The molecular weight excluding hydrogens is 164 g/mol. The van der Waals surface area contributed by atoms with E-state index < -0.39 is 0 Å². The Hall–Kier alpha value is -0.610. The van der Waals surface area contributed by atoms with Crippen LogP contribution in [0.4, 0.5) is 0 Å². The lowest BCUT2D eigenvalue weighted by Crippen LogP contribution is -2.11. The lowest BCUT2D eigenvalue weighted by molar-refractivity contribution is 0.546. The van der Waals surface area contributed by atoms with Crippen molar-refractivity contribution in [3.63, 3.8) is 0 Å². The van der Waals surface area contributed by atoms with Crippen LogP contribution in [-0.2, 0) is 6.54 Å². The van der Waals surface area contributed by atoms with Gasteiger partial charge in [-0.3, -0.25) is 0 Å². The smallest absolute Gasteiger partial charge is 0.147 e. The highest BCUT2D eigenvalue weighted by atomic mass is 35.5. The van der Waals surface area contributed by atoms with Crippen molar-refractivity contribution in [2.75, 3.05) is 13.6 Å². The molecule has 0 atom stereocenters. The van der Waals surface area contributed by atoms with Crippen LogP contribution < -0.4 is 5.32 Å². The maximum Gasteiger partial charge on any atom is 0.147 e. The van der Waals surface area contributed by atoms with E-state index in [1.165, 1.54) is 0 Å². The summed E-state index contributed by atoms with van der Waals surface area (Å²) in [7, 11) is 1.92. The number of aryl methyl sites for hydroxylation is 1. The van der Waals surface area contributed by atoms with E-state index in [4.69, 9.17) is 11.6 Å². The van der Waals surface area contributed by atoms with Gasteiger partial charge >= 0.3 is 0 Å². The third-order valence-corrected chi connectivity index (χ3v) is 1.66. The molecule has 5 heteroatoms. The first-order chi connectivity index (χ1) is 5.34. The molecule has 0 fully saturated rings. The Balaban J connectivity index is 2.32. The molecule has 11 heavy (non-hydrogen) atoms. The molecular formula is C6H11ClN4. The lowest BCUT2D eigenvalue weighted by Gasteiger charge is -1.99. The Labute approximate surface area is 70.5 Å². The van der Waals surface area contributed by atoms with Crippen LogP contribution in [0.3, 0.4) is 0 Å². The van der Waals surface area contributed by atoms with Gasteiger partial charge in [-0.15, -0.1) is 5.10 Å². The third-order valence-electron chi connectivity index (χ3n) is 1.37. The van der Waals surface area contributed by atoms with E-state index in [2.05, 4.69) is 15.6 Å². The Morgan fingerprint density at radius 1 is 1.73 bits per heavy atom. The first-order valence-electron chi connectivity index (χ1n) is 3.53. The molecule has 0 unspecified atom stereocenters. The molecule has 1 heterocycles. The Morgan fingerprint density at radius 3 is 3.09 bits per heavy atom. The molecule has 62 valence electrons. The topological polar surface area (TPSA) is 42.7 Å². The predicted octanol–water partition coefficient (Wildman–Crippen LogP) is 0.541. The van der Waals surface area contributed by atoms with Gasteiger partial charge in [-0.1, -0.05) is 16.8 Å². The van der Waals surface area contributed by atoms with Crippen molar-refractivity contribution in [3.05, 3.63) is 11.3 Å². The fourth-order valence-corrected chi connectivity index (χ4v) is 0.964. The third kappa shape index (κ3) is 2.48. The minimum Gasteiger partial charge on any atom is -0.320 e. The number of hydrogen-bond donors (Lipinski definition) is 1. The van der Waals surface area contributed by atoms with Crippen molar-refractivity contribution in [3.8, 4) is 0 Å². The van der Waals surface area contributed by atoms with Gasteiger partial charge in [0, 0.05) is 6.54 Å². The van der Waals surface area contributed by atoms with Gasteiger partial charge in [-0.05, 0) is 20.0 Å². The molecule has 4 nitrogen and oxygen atoms in total. The molecule has 0 aliphatic carbocycles. The zero-order valence-corrected chi connectivity index (χ0v) is 7.17. The van der Waals surface area contributed by atoms with Gasteiger partial charge in [0.25, 0.3) is 0 Å². The zero-order valence-electron chi connectivity index (χ0n) is 6.42. The second kappa shape index (κ2) is 4.31. The van der Waals surface area contributed by atoms with Crippen molar-refractivity contribution in [1.29, 1.82) is 0 Å². The summed E-state index contributed by atoms with van der Waals surface area (Å²) < 4.78 is 1.68. The monoisotopic (exact) mass is 174 g/mol. The minimum atomic E-state index is 0.598. The molecule has 0 amide bonds. The molecule has 1 aromatic rings. The van der Waals surface area contributed by atoms with Gasteiger partial charge in [0.1, 0.15) is 5.15 Å². The highest BCUT2D eigenvalue weighted by Gasteiger charge is 1.97. The maximum atomic E-state index is 5.74. The van der Waals surface area contributed by atoms with E-state index in [-0.39, 0.29) is 0 Å². The van der Waals surface area contributed by atoms with Gasteiger partial charge in [0.15, 0.2) is 0 Å². The maximum absolute atomic E-state index is 5.74. The molecule has 0 aliphatic heterocycles. The molecule has 1 aromatic heterocycles. The highest BCUT2D eigenvalue weighted by Crippen LogP contribution is 2.03. The molecule has 1 rings (SSSR count). The second-order valence-electron chi connectivity index (χ2n) is 2.24. The summed E-state index contributed by atoms with van der Waals surface area (Å²) in [6, 6.07) is 0. The van der Waals surface area contributed by atoms with Gasteiger partial charge in [-0.25, -0.2) is 4.68 Å².